The van der Waals surface area contributed by atoms with E-state index in [0.29, 0.717) is 5.69 Å². The molecule has 2 aromatic rings. The molecule has 0 aromatic carbocycles. The average Bonchev–Trinajstić information content (AvgIpc) is 2.73. The van der Waals surface area contributed by atoms with Crippen LogP contribution in [0.15, 0.2) is 35.5 Å². The van der Waals surface area contributed by atoms with Gasteiger partial charge in [-0.05, 0) is 24.3 Å². The van der Waals surface area contributed by atoms with E-state index in [2.05, 4.69) is 9.97 Å². The van der Waals surface area contributed by atoms with Crippen LogP contribution >= 0.6 is 0 Å². The van der Waals surface area contributed by atoms with Crippen molar-refractivity contribution in [3.05, 3.63) is 30.5 Å². The molecule has 0 fully saturated rings. The van der Waals surface area contributed by atoms with Crippen LogP contribution in [-0.2, 0) is 10.1 Å². The first-order chi connectivity index (χ1) is 6.57. The van der Waals surface area contributed by atoms with Crippen LogP contribution in [-0.4, -0.2) is 22.9 Å². The Bertz CT molecular complexity index is 530. The number of hydrogen-bond donors (Lipinski definition) is 2. The van der Waals surface area contributed by atoms with Gasteiger partial charge in [0.2, 0.25) is 0 Å². The number of H-pyrrole nitrogens is 2. The summed E-state index contributed by atoms with van der Waals surface area (Å²) < 4.78 is 31.9. The van der Waals surface area contributed by atoms with E-state index in [4.69, 9.17) is 0 Å². The van der Waals surface area contributed by atoms with Crippen LogP contribution in [0.1, 0.15) is 0 Å². The van der Waals surface area contributed by atoms with E-state index >= 15 is 0 Å². The quantitative estimate of drug-likeness (QED) is 0.461. The number of aromatic amines is 2. The molecule has 0 saturated heterocycles. The molecule has 0 atom stereocenters. The van der Waals surface area contributed by atoms with E-state index in [-0.39, 0.29) is 34.6 Å². The van der Waals surface area contributed by atoms with Gasteiger partial charge in [-0.25, -0.2) is 8.42 Å². The fraction of sp³-hybridized carbons (Fsp3) is 0. The van der Waals surface area contributed by atoms with Crippen LogP contribution in [0.5, 0.6) is 0 Å². The maximum absolute atomic E-state index is 10.6. The fourth-order valence-corrected chi connectivity index (χ4v) is 1.65. The molecule has 0 bridgehead atoms. The number of aromatic nitrogens is 2. The van der Waals surface area contributed by atoms with E-state index in [1.165, 1.54) is 12.1 Å². The summed E-state index contributed by atoms with van der Waals surface area (Å²) in [6, 6.07) is 6.34. The molecule has 0 aliphatic carbocycles. The van der Waals surface area contributed by atoms with Crippen molar-refractivity contribution in [1.82, 2.24) is 9.97 Å². The molecule has 0 aliphatic rings. The molecule has 5 nitrogen and oxygen atoms in total. The fourth-order valence-electron chi connectivity index (χ4n) is 1.18. The van der Waals surface area contributed by atoms with Crippen LogP contribution in [0.3, 0.4) is 0 Å². The molecule has 2 heterocycles. The molecule has 0 spiro atoms. The summed E-state index contributed by atoms with van der Waals surface area (Å²) in [5.74, 6) is 0. The predicted molar refractivity (Wildman–Crippen MR) is 48.5 cm³/mol. The van der Waals surface area contributed by atoms with Crippen molar-refractivity contribution in [2.24, 2.45) is 0 Å². The second-order valence-electron chi connectivity index (χ2n) is 2.77. The molecule has 2 N–H and O–H groups in total. The van der Waals surface area contributed by atoms with Crippen LogP contribution in [0.4, 0.5) is 0 Å². The van der Waals surface area contributed by atoms with Gasteiger partial charge >= 0.3 is 29.6 Å². The first kappa shape index (κ1) is 12.5. The minimum Gasteiger partial charge on any atom is -0.743 e. The Balaban J connectivity index is 0.00000112. The molecule has 74 valence electrons. The standard InChI is InChI=1S/C8H8N2O3S.Na/c11-14(12,13)8-4-3-7(10-8)6-2-1-5-9-6;/h1-5,9-10H,(H,11,12,13);/q;+1/p-1. The summed E-state index contributed by atoms with van der Waals surface area (Å²) in [5, 5.41) is -0.317. The van der Waals surface area contributed by atoms with Crippen molar-refractivity contribution in [3.8, 4) is 11.4 Å². The first-order valence-corrected chi connectivity index (χ1v) is 5.27. The van der Waals surface area contributed by atoms with E-state index in [0.717, 1.165) is 5.69 Å². The monoisotopic (exact) mass is 234 g/mol. The molecular formula is C8H7N2NaO3S. The zero-order valence-electron chi connectivity index (χ0n) is 8.02. The molecule has 0 unspecified atom stereocenters. The van der Waals surface area contributed by atoms with Gasteiger partial charge in [0, 0.05) is 6.20 Å². The Labute approximate surface area is 109 Å². The maximum atomic E-state index is 10.6. The van der Waals surface area contributed by atoms with Crippen molar-refractivity contribution in [2.75, 3.05) is 0 Å². The second-order valence-corrected chi connectivity index (χ2v) is 4.12. The zero-order chi connectivity index (χ0) is 10.2. The Morgan fingerprint density at radius 3 is 2.33 bits per heavy atom. The number of hydrogen-bond acceptors (Lipinski definition) is 3. The Hall–Kier alpha value is -0.530. The topological polar surface area (TPSA) is 88.8 Å². The Morgan fingerprint density at radius 1 is 1.13 bits per heavy atom. The smallest absolute Gasteiger partial charge is 0.743 e. The minimum atomic E-state index is -4.39. The molecule has 7 heteroatoms. The zero-order valence-corrected chi connectivity index (χ0v) is 10.8. The summed E-state index contributed by atoms with van der Waals surface area (Å²) >= 11 is 0. The van der Waals surface area contributed by atoms with Gasteiger partial charge in [-0.15, -0.1) is 0 Å². The summed E-state index contributed by atoms with van der Waals surface area (Å²) in [7, 11) is -4.39. The van der Waals surface area contributed by atoms with E-state index < -0.39 is 10.1 Å². The Kier molecular flexibility index (Phi) is 3.80. The molecule has 2 rings (SSSR count). The van der Waals surface area contributed by atoms with Crippen LogP contribution in [0.25, 0.3) is 11.4 Å². The van der Waals surface area contributed by atoms with Crippen molar-refractivity contribution in [2.45, 2.75) is 5.03 Å². The van der Waals surface area contributed by atoms with E-state index in [1.54, 1.807) is 18.3 Å². The van der Waals surface area contributed by atoms with E-state index in [9.17, 15) is 13.0 Å². The molecule has 0 radical (unpaired) electrons. The van der Waals surface area contributed by atoms with Crippen LogP contribution < -0.4 is 29.6 Å². The summed E-state index contributed by atoms with van der Waals surface area (Å²) in [4.78, 5) is 5.41. The average molecular weight is 234 g/mol. The molecule has 15 heavy (non-hydrogen) atoms. The van der Waals surface area contributed by atoms with Gasteiger partial charge in [0.05, 0.1) is 11.4 Å². The SMILES string of the molecule is O=S(=O)([O-])c1ccc(-c2ccc[nH]2)[nH]1.[Na+]. The number of rotatable bonds is 2. The normalized spacial score (nSPS) is 11.0. The summed E-state index contributed by atoms with van der Waals surface area (Å²) in [6.45, 7) is 0. The van der Waals surface area contributed by atoms with Gasteiger partial charge in [-0.3, -0.25) is 0 Å². The van der Waals surface area contributed by atoms with Crippen molar-refractivity contribution < 1.29 is 42.5 Å². The predicted octanol–water partition coefficient (Wildman–Crippen LogP) is -2.08. The molecule has 0 saturated carbocycles. The summed E-state index contributed by atoms with van der Waals surface area (Å²) in [6.07, 6.45) is 1.71. The molecule has 0 amide bonds. The van der Waals surface area contributed by atoms with Crippen molar-refractivity contribution in [3.63, 3.8) is 0 Å². The largest absolute Gasteiger partial charge is 1.00 e. The minimum absolute atomic E-state index is 0. The summed E-state index contributed by atoms with van der Waals surface area (Å²) in [5.41, 5.74) is 1.31. The van der Waals surface area contributed by atoms with Crippen LogP contribution in [0, 0.1) is 0 Å². The van der Waals surface area contributed by atoms with E-state index in [1.807, 2.05) is 0 Å². The van der Waals surface area contributed by atoms with Gasteiger partial charge in [0.25, 0.3) is 0 Å². The van der Waals surface area contributed by atoms with Crippen molar-refractivity contribution in [1.29, 1.82) is 0 Å². The molecular weight excluding hydrogens is 227 g/mol. The third-order valence-electron chi connectivity index (χ3n) is 1.82. The third-order valence-corrected chi connectivity index (χ3v) is 2.59. The Morgan fingerprint density at radius 2 is 1.87 bits per heavy atom. The van der Waals surface area contributed by atoms with Gasteiger partial charge in [-0.1, -0.05) is 0 Å². The van der Waals surface area contributed by atoms with Crippen molar-refractivity contribution >= 4 is 10.1 Å². The third kappa shape index (κ3) is 2.73. The first-order valence-electron chi connectivity index (χ1n) is 3.86. The maximum Gasteiger partial charge on any atom is 1.00 e. The van der Waals surface area contributed by atoms with Crippen LogP contribution in [0.2, 0.25) is 0 Å². The number of nitrogens with one attached hydrogen (secondary N) is 2. The molecule has 0 aliphatic heterocycles. The van der Waals surface area contributed by atoms with Gasteiger partial charge in [0.1, 0.15) is 15.1 Å². The van der Waals surface area contributed by atoms with Gasteiger partial charge in [0.15, 0.2) is 0 Å². The second kappa shape index (κ2) is 4.54. The van der Waals surface area contributed by atoms with Gasteiger partial charge < -0.3 is 14.5 Å². The van der Waals surface area contributed by atoms with Gasteiger partial charge in [-0.2, -0.15) is 0 Å². The molecule has 2 aromatic heterocycles.